The van der Waals surface area contributed by atoms with E-state index in [0.717, 1.165) is 0 Å². The van der Waals surface area contributed by atoms with Crippen LogP contribution < -0.4 is 0 Å². The Morgan fingerprint density at radius 2 is 1.72 bits per heavy atom. The molecule has 0 aromatic heterocycles. The first-order valence-electron chi connectivity index (χ1n) is 5.60. The highest BCUT2D eigenvalue weighted by Gasteiger charge is 2.19. The first-order valence-corrected chi connectivity index (χ1v) is 5.60. The van der Waals surface area contributed by atoms with Gasteiger partial charge in [0.25, 0.3) is 0 Å². The predicted octanol–water partition coefficient (Wildman–Crippen LogP) is 0.408. The van der Waals surface area contributed by atoms with E-state index in [1.807, 2.05) is 0 Å². The maximum Gasteiger partial charge on any atom is 0.347 e. The SMILES string of the molecule is CCOCOC(=O)COC(=O)C(C)OC(=O)CC. The van der Waals surface area contributed by atoms with Gasteiger partial charge in [0.2, 0.25) is 0 Å². The van der Waals surface area contributed by atoms with Crippen LogP contribution in [-0.2, 0) is 33.3 Å². The summed E-state index contributed by atoms with van der Waals surface area (Å²) in [4.78, 5) is 33.2. The zero-order valence-electron chi connectivity index (χ0n) is 10.8. The van der Waals surface area contributed by atoms with E-state index in [1.54, 1.807) is 13.8 Å². The Balaban J connectivity index is 3.81. The van der Waals surface area contributed by atoms with Crippen molar-refractivity contribution in [2.45, 2.75) is 33.3 Å². The Hall–Kier alpha value is -1.63. The Labute approximate surface area is 105 Å². The second-order valence-corrected chi connectivity index (χ2v) is 3.22. The van der Waals surface area contributed by atoms with Crippen LogP contribution in [0.25, 0.3) is 0 Å². The molecule has 0 amide bonds. The van der Waals surface area contributed by atoms with E-state index in [9.17, 15) is 14.4 Å². The number of hydrogen-bond acceptors (Lipinski definition) is 7. The van der Waals surface area contributed by atoms with Crippen molar-refractivity contribution in [1.29, 1.82) is 0 Å². The van der Waals surface area contributed by atoms with Crippen LogP contribution in [0.15, 0.2) is 0 Å². The Kier molecular flexibility index (Phi) is 8.55. The molecule has 0 rings (SSSR count). The molecule has 1 unspecified atom stereocenters. The third-order valence-electron chi connectivity index (χ3n) is 1.77. The van der Waals surface area contributed by atoms with Crippen molar-refractivity contribution in [3.8, 4) is 0 Å². The third-order valence-corrected chi connectivity index (χ3v) is 1.77. The van der Waals surface area contributed by atoms with Gasteiger partial charge in [-0.3, -0.25) is 4.79 Å². The first kappa shape index (κ1) is 16.4. The van der Waals surface area contributed by atoms with Crippen LogP contribution in [0.1, 0.15) is 27.2 Å². The molecule has 0 bridgehead atoms. The summed E-state index contributed by atoms with van der Waals surface area (Å²) >= 11 is 0. The van der Waals surface area contributed by atoms with Crippen molar-refractivity contribution in [2.24, 2.45) is 0 Å². The summed E-state index contributed by atoms with van der Waals surface area (Å²) < 4.78 is 18.6. The van der Waals surface area contributed by atoms with E-state index in [2.05, 4.69) is 9.47 Å². The summed E-state index contributed by atoms with van der Waals surface area (Å²) in [6.45, 7) is 4.40. The van der Waals surface area contributed by atoms with E-state index in [1.165, 1.54) is 6.92 Å². The summed E-state index contributed by atoms with van der Waals surface area (Å²) in [5.41, 5.74) is 0. The van der Waals surface area contributed by atoms with Crippen molar-refractivity contribution in [3.05, 3.63) is 0 Å². The number of ether oxygens (including phenoxy) is 4. The molecule has 0 radical (unpaired) electrons. The molecule has 0 aliphatic heterocycles. The normalized spacial score (nSPS) is 11.5. The lowest BCUT2D eigenvalue weighted by Crippen LogP contribution is -2.28. The molecule has 0 N–H and O–H groups in total. The number of carbonyl (C=O) groups excluding carboxylic acids is 3. The van der Waals surface area contributed by atoms with Crippen LogP contribution in [0.4, 0.5) is 0 Å². The minimum atomic E-state index is -1.04. The maximum absolute atomic E-state index is 11.3. The summed E-state index contributed by atoms with van der Waals surface area (Å²) in [5, 5.41) is 0. The second kappa shape index (κ2) is 9.41. The maximum atomic E-state index is 11.3. The van der Waals surface area contributed by atoms with Gasteiger partial charge in [-0.1, -0.05) is 6.92 Å². The third kappa shape index (κ3) is 7.61. The summed E-state index contributed by atoms with van der Waals surface area (Å²) in [7, 11) is 0. The van der Waals surface area contributed by atoms with Crippen molar-refractivity contribution in [3.63, 3.8) is 0 Å². The number of esters is 3. The van der Waals surface area contributed by atoms with Crippen LogP contribution in [-0.4, -0.2) is 44.0 Å². The van der Waals surface area contributed by atoms with Gasteiger partial charge in [-0.2, -0.15) is 0 Å². The average Bonchev–Trinajstić information content (AvgIpc) is 2.35. The standard InChI is InChI=1S/C11H18O7/c1-4-9(12)18-8(3)11(14)16-6-10(13)17-7-15-5-2/h8H,4-7H2,1-3H3. The molecule has 0 saturated heterocycles. The van der Waals surface area contributed by atoms with Crippen molar-refractivity contribution < 1.29 is 33.3 Å². The van der Waals surface area contributed by atoms with Crippen LogP contribution in [0.3, 0.4) is 0 Å². The lowest BCUT2D eigenvalue weighted by molar-refractivity contribution is -0.174. The van der Waals surface area contributed by atoms with Crippen molar-refractivity contribution >= 4 is 17.9 Å². The number of rotatable bonds is 8. The van der Waals surface area contributed by atoms with E-state index >= 15 is 0 Å². The van der Waals surface area contributed by atoms with E-state index in [0.29, 0.717) is 6.61 Å². The van der Waals surface area contributed by atoms with Gasteiger partial charge in [0.1, 0.15) is 0 Å². The summed E-state index contributed by atoms with van der Waals surface area (Å²) in [6.07, 6.45) is -0.884. The van der Waals surface area contributed by atoms with Crippen LogP contribution in [0.2, 0.25) is 0 Å². The molecule has 7 nitrogen and oxygen atoms in total. The lowest BCUT2D eigenvalue weighted by Gasteiger charge is -2.11. The fourth-order valence-corrected chi connectivity index (χ4v) is 0.808. The highest BCUT2D eigenvalue weighted by atomic mass is 16.7. The molecular weight excluding hydrogens is 244 g/mol. The van der Waals surface area contributed by atoms with Gasteiger partial charge in [0.15, 0.2) is 19.5 Å². The lowest BCUT2D eigenvalue weighted by atomic mass is 10.4. The second-order valence-electron chi connectivity index (χ2n) is 3.22. The Morgan fingerprint density at radius 1 is 1.06 bits per heavy atom. The fourth-order valence-electron chi connectivity index (χ4n) is 0.808. The van der Waals surface area contributed by atoms with Crippen LogP contribution >= 0.6 is 0 Å². The Morgan fingerprint density at radius 3 is 2.28 bits per heavy atom. The molecule has 0 aromatic rings. The number of hydrogen-bond donors (Lipinski definition) is 0. The van der Waals surface area contributed by atoms with Crippen LogP contribution in [0.5, 0.6) is 0 Å². The van der Waals surface area contributed by atoms with Gasteiger partial charge in [0, 0.05) is 13.0 Å². The molecule has 0 saturated carbocycles. The van der Waals surface area contributed by atoms with Crippen molar-refractivity contribution in [1.82, 2.24) is 0 Å². The Bertz CT molecular complexity index is 287. The zero-order chi connectivity index (χ0) is 14.0. The molecule has 104 valence electrons. The largest absolute Gasteiger partial charge is 0.451 e. The van der Waals surface area contributed by atoms with E-state index < -0.39 is 30.6 Å². The van der Waals surface area contributed by atoms with Gasteiger partial charge in [-0.25, -0.2) is 9.59 Å². The van der Waals surface area contributed by atoms with Crippen LogP contribution in [0, 0.1) is 0 Å². The molecule has 0 aliphatic carbocycles. The molecule has 18 heavy (non-hydrogen) atoms. The minimum absolute atomic E-state index is 0.161. The quantitative estimate of drug-likeness (QED) is 0.271. The smallest absolute Gasteiger partial charge is 0.347 e. The predicted molar refractivity (Wildman–Crippen MR) is 59.4 cm³/mol. The van der Waals surface area contributed by atoms with Gasteiger partial charge >= 0.3 is 17.9 Å². The van der Waals surface area contributed by atoms with E-state index in [4.69, 9.17) is 9.47 Å². The molecular formula is C11H18O7. The van der Waals surface area contributed by atoms with Gasteiger partial charge in [-0.15, -0.1) is 0 Å². The topological polar surface area (TPSA) is 88.1 Å². The van der Waals surface area contributed by atoms with Gasteiger partial charge in [0.05, 0.1) is 0 Å². The molecule has 0 heterocycles. The fraction of sp³-hybridized carbons (Fsp3) is 0.727. The van der Waals surface area contributed by atoms with Gasteiger partial charge in [-0.05, 0) is 13.8 Å². The zero-order valence-corrected chi connectivity index (χ0v) is 10.8. The van der Waals surface area contributed by atoms with Gasteiger partial charge < -0.3 is 18.9 Å². The summed E-state index contributed by atoms with van der Waals surface area (Å²) in [6, 6.07) is 0. The summed E-state index contributed by atoms with van der Waals surface area (Å²) in [5.74, 6) is -2.05. The molecule has 1 atom stereocenters. The highest BCUT2D eigenvalue weighted by molar-refractivity contribution is 5.81. The monoisotopic (exact) mass is 262 g/mol. The molecule has 0 aromatic carbocycles. The van der Waals surface area contributed by atoms with E-state index in [-0.39, 0.29) is 13.2 Å². The average molecular weight is 262 g/mol. The van der Waals surface area contributed by atoms with Crippen molar-refractivity contribution in [2.75, 3.05) is 20.0 Å². The first-order chi connectivity index (χ1) is 8.51. The molecule has 0 fully saturated rings. The number of carbonyl (C=O) groups is 3. The molecule has 0 aliphatic rings. The molecule has 0 spiro atoms. The minimum Gasteiger partial charge on any atom is -0.451 e. The highest BCUT2D eigenvalue weighted by Crippen LogP contribution is 1.98. The molecule has 7 heteroatoms.